The number of nitrogens with one attached hydrogen (secondary N) is 1. The highest BCUT2D eigenvalue weighted by Crippen LogP contribution is 2.24. The van der Waals surface area contributed by atoms with Gasteiger partial charge in [0.05, 0.1) is 4.90 Å². The molecular weight excluding hydrogens is 365 g/mol. The number of halogens is 2. The molecule has 0 aliphatic carbocycles. The standard InChI is InChI=1S/C18H13ClFNO3S/c19-13-1-11-18(12-2-13)25(22,23)21-15-5-9-17(10-6-15)24-16-7-3-14(20)4-8-16/h1-12,21H. The minimum atomic E-state index is -3.70. The minimum Gasteiger partial charge on any atom is -0.457 e. The van der Waals surface area contributed by atoms with Gasteiger partial charge in [0.1, 0.15) is 17.3 Å². The first-order valence-electron chi connectivity index (χ1n) is 7.24. The van der Waals surface area contributed by atoms with E-state index < -0.39 is 10.0 Å². The van der Waals surface area contributed by atoms with E-state index in [1.165, 1.54) is 48.5 Å². The number of rotatable bonds is 5. The van der Waals surface area contributed by atoms with Crippen molar-refractivity contribution in [2.24, 2.45) is 0 Å². The lowest BCUT2D eigenvalue weighted by atomic mass is 10.3. The van der Waals surface area contributed by atoms with Crippen molar-refractivity contribution in [2.75, 3.05) is 4.72 Å². The van der Waals surface area contributed by atoms with Crippen LogP contribution in [-0.2, 0) is 10.0 Å². The van der Waals surface area contributed by atoms with Gasteiger partial charge in [-0.3, -0.25) is 4.72 Å². The molecule has 128 valence electrons. The van der Waals surface area contributed by atoms with Gasteiger partial charge >= 0.3 is 0 Å². The molecule has 0 aliphatic heterocycles. The molecule has 0 aromatic heterocycles. The van der Waals surface area contributed by atoms with Crippen molar-refractivity contribution in [3.63, 3.8) is 0 Å². The van der Waals surface area contributed by atoms with Crippen molar-refractivity contribution in [3.05, 3.63) is 83.6 Å². The predicted octanol–water partition coefficient (Wildman–Crippen LogP) is 5.07. The third kappa shape index (κ3) is 4.49. The highest BCUT2D eigenvalue weighted by atomic mass is 35.5. The Hall–Kier alpha value is -2.57. The summed E-state index contributed by atoms with van der Waals surface area (Å²) in [6.07, 6.45) is 0. The summed E-state index contributed by atoms with van der Waals surface area (Å²) >= 11 is 5.76. The molecule has 0 fully saturated rings. The minimum absolute atomic E-state index is 0.114. The lowest BCUT2D eigenvalue weighted by Gasteiger charge is -2.10. The van der Waals surface area contributed by atoms with Crippen molar-refractivity contribution in [1.29, 1.82) is 0 Å². The number of benzene rings is 3. The maximum atomic E-state index is 12.9. The molecule has 3 aromatic rings. The Labute approximate surface area is 149 Å². The van der Waals surface area contributed by atoms with Crippen LogP contribution in [-0.4, -0.2) is 8.42 Å². The van der Waals surface area contributed by atoms with E-state index >= 15 is 0 Å². The van der Waals surface area contributed by atoms with Crippen molar-refractivity contribution in [1.82, 2.24) is 0 Å². The predicted molar refractivity (Wildman–Crippen MR) is 95.2 cm³/mol. The lowest BCUT2D eigenvalue weighted by molar-refractivity contribution is 0.480. The van der Waals surface area contributed by atoms with E-state index in [4.69, 9.17) is 16.3 Å². The molecule has 0 amide bonds. The molecule has 3 aromatic carbocycles. The molecule has 7 heteroatoms. The Morgan fingerprint density at radius 3 is 1.88 bits per heavy atom. The van der Waals surface area contributed by atoms with Gasteiger partial charge in [0.2, 0.25) is 0 Å². The summed E-state index contributed by atoms with van der Waals surface area (Å²) in [6, 6.07) is 17.9. The smallest absolute Gasteiger partial charge is 0.261 e. The monoisotopic (exact) mass is 377 g/mol. The highest BCUT2D eigenvalue weighted by Gasteiger charge is 2.13. The average molecular weight is 378 g/mol. The first-order chi connectivity index (χ1) is 11.9. The molecule has 1 N–H and O–H groups in total. The fourth-order valence-corrected chi connectivity index (χ4v) is 3.24. The van der Waals surface area contributed by atoms with Gasteiger partial charge in [-0.15, -0.1) is 0 Å². The maximum Gasteiger partial charge on any atom is 0.261 e. The Balaban J connectivity index is 1.71. The van der Waals surface area contributed by atoms with Crippen molar-refractivity contribution in [3.8, 4) is 11.5 Å². The molecule has 0 bridgehead atoms. The van der Waals surface area contributed by atoms with E-state index in [1.54, 1.807) is 24.3 Å². The van der Waals surface area contributed by atoms with Crippen LogP contribution in [0.2, 0.25) is 5.02 Å². The first-order valence-corrected chi connectivity index (χ1v) is 9.10. The Morgan fingerprint density at radius 2 is 1.32 bits per heavy atom. The van der Waals surface area contributed by atoms with Crippen LogP contribution < -0.4 is 9.46 Å². The third-order valence-corrected chi connectivity index (χ3v) is 4.93. The van der Waals surface area contributed by atoms with Crippen molar-refractivity contribution in [2.45, 2.75) is 4.90 Å². The SMILES string of the molecule is O=S(=O)(Nc1ccc(Oc2ccc(F)cc2)cc1)c1ccc(Cl)cc1. The van der Waals surface area contributed by atoms with E-state index in [-0.39, 0.29) is 10.7 Å². The number of ether oxygens (including phenoxy) is 1. The quantitative estimate of drug-likeness (QED) is 0.675. The summed E-state index contributed by atoms with van der Waals surface area (Å²) < 4.78 is 45.5. The molecule has 0 heterocycles. The topological polar surface area (TPSA) is 55.4 Å². The zero-order chi connectivity index (χ0) is 17.9. The fraction of sp³-hybridized carbons (Fsp3) is 0. The third-order valence-electron chi connectivity index (χ3n) is 3.28. The van der Waals surface area contributed by atoms with Gasteiger partial charge in [-0.2, -0.15) is 0 Å². The van der Waals surface area contributed by atoms with Gasteiger partial charge in [0.25, 0.3) is 10.0 Å². The molecule has 4 nitrogen and oxygen atoms in total. The molecule has 0 radical (unpaired) electrons. The Kier molecular flexibility index (Phi) is 4.92. The fourth-order valence-electron chi connectivity index (χ4n) is 2.06. The molecule has 3 rings (SSSR count). The first kappa shape index (κ1) is 17.3. The maximum absolute atomic E-state index is 12.9. The normalized spacial score (nSPS) is 11.1. The van der Waals surface area contributed by atoms with Crippen molar-refractivity contribution < 1.29 is 17.5 Å². The summed E-state index contributed by atoms with van der Waals surface area (Å²) in [4.78, 5) is 0.114. The van der Waals surface area contributed by atoms with Crippen LogP contribution in [0.15, 0.2) is 77.7 Å². The van der Waals surface area contributed by atoms with E-state index in [0.717, 1.165) is 0 Å². The van der Waals surface area contributed by atoms with Crippen LogP contribution in [0, 0.1) is 5.82 Å². The summed E-state index contributed by atoms with van der Waals surface area (Å²) in [6.45, 7) is 0. The van der Waals surface area contributed by atoms with Gasteiger partial charge < -0.3 is 4.74 Å². The molecule has 0 unspecified atom stereocenters. The number of hydrogen-bond donors (Lipinski definition) is 1. The second-order valence-corrected chi connectivity index (χ2v) is 7.26. The molecule has 0 saturated heterocycles. The zero-order valence-electron chi connectivity index (χ0n) is 12.8. The summed E-state index contributed by atoms with van der Waals surface area (Å²) in [5.74, 6) is 0.635. The second-order valence-electron chi connectivity index (χ2n) is 5.14. The largest absolute Gasteiger partial charge is 0.457 e. The Morgan fingerprint density at radius 1 is 0.800 bits per heavy atom. The number of anilines is 1. The highest BCUT2D eigenvalue weighted by molar-refractivity contribution is 7.92. The van der Waals surface area contributed by atoms with Crippen LogP contribution in [0.3, 0.4) is 0 Å². The van der Waals surface area contributed by atoms with Gasteiger partial charge in [-0.1, -0.05) is 11.6 Å². The van der Waals surface area contributed by atoms with Crippen LogP contribution in [0.5, 0.6) is 11.5 Å². The molecule has 0 spiro atoms. The van der Waals surface area contributed by atoms with Crippen LogP contribution >= 0.6 is 11.6 Å². The molecule has 0 saturated carbocycles. The van der Waals surface area contributed by atoms with E-state index in [9.17, 15) is 12.8 Å². The van der Waals surface area contributed by atoms with Crippen molar-refractivity contribution >= 4 is 27.3 Å². The van der Waals surface area contributed by atoms with Gasteiger partial charge in [-0.25, -0.2) is 12.8 Å². The van der Waals surface area contributed by atoms with Crippen LogP contribution in [0.1, 0.15) is 0 Å². The van der Waals surface area contributed by atoms with Gasteiger partial charge in [0.15, 0.2) is 0 Å². The average Bonchev–Trinajstić information content (AvgIpc) is 2.59. The summed E-state index contributed by atoms with van der Waals surface area (Å²) in [5, 5.41) is 0.459. The number of sulfonamides is 1. The zero-order valence-corrected chi connectivity index (χ0v) is 14.4. The second kappa shape index (κ2) is 7.13. The van der Waals surface area contributed by atoms with Gasteiger partial charge in [0, 0.05) is 10.7 Å². The molecular formula is C18H13ClFNO3S. The van der Waals surface area contributed by atoms with Crippen LogP contribution in [0.25, 0.3) is 0 Å². The van der Waals surface area contributed by atoms with Gasteiger partial charge in [-0.05, 0) is 72.8 Å². The number of hydrogen-bond acceptors (Lipinski definition) is 3. The molecule has 25 heavy (non-hydrogen) atoms. The molecule has 0 atom stereocenters. The van der Waals surface area contributed by atoms with E-state index in [2.05, 4.69) is 4.72 Å². The summed E-state index contributed by atoms with van der Waals surface area (Å²) in [7, 11) is -3.70. The van der Waals surface area contributed by atoms with E-state index in [0.29, 0.717) is 22.2 Å². The Bertz CT molecular complexity index is 957. The molecule has 0 aliphatic rings. The van der Waals surface area contributed by atoms with Crippen LogP contribution in [0.4, 0.5) is 10.1 Å². The lowest BCUT2D eigenvalue weighted by Crippen LogP contribution is -2.12. The van der Waals surface area contributed by atoms with E-state index in [1.807, 2.05) is 0 Å². The summed E-state index contributed by atoms with van der Waals surface area (Å²) in [5.41, 5.74) is 0.390.